The van der Waals surface area contributed by atoms with E-state index in [9.17, 15) is 9.59 Å². The highest BCUT2D eigenvalue weighted by molar-refractivity contribution is 5.97. The van der Waals surface area contributed by atoms with E-state index in [1.165, 1.54) is 5.56 Å². The highest BCUT2D eigenvalue weighted by Gasteiger charge is 2.15. The van der Waals surface area contributed by atoms with Gasteiger partial charge in [-0.2, -0.15) is 0 Å². The molecule has 5 nitrogen and oxygen atoms in total. The van der Waals surface area contributed by atoms with Crippen LogP contribution in [0.25, 0.3) is 0 Å². The molecule has 2 rings (SSSR count). The fourth-order valence-electron chi connectivity index (χ4n) is 2.40. The number of rotatable bonds is 8. The summed E-state index contributed by atoms with van der Waals surface area (Å²) < 4.78 is 5.45. The van der Waals surface area contributed by atoms with Crippen LogP contribution in [0.15, 0.2) is 54.6 Å². The zero-order chi connectivity index (χ0) is 18.1. The number of likely N-dealkylation sites (N-methyl/N-ethyl adjacent to an activating group) is 1. The maximum absolute atomic E-state index is 12.5. The fraction of sp³-hybridized carbons (Fsp3) is 0.300. The number of nitrogens with one attached hydrogen (secondary N) is 2. The van der Waals surface area contributed by atoms with Crippen LogP contribution in [0.2, 0.25) is 0 Å². The summed E-state index contributed by atoms with van der Waals surface area (Å²) in [5.41, 5.74) is 1.68. The summed E-state index contributed by atoms with van der Waals surface area (Å²) in [4.78, 5) is 23.8. The van der Waals surface area contributed by atoms with Crippen molar-refractivity contribution in [3.8, 4) is 5.75 Å². The Bertz CT molecular complexity index is 701. The SMILES string of the molecule is CNC(=O)COc1ccccc1C(=O)N[C@@H](C)CCc1ccccc1. The Balaban J connectivity index is 1.92. The lowest BCUT2D eigenvalue weighted by atomic mass is 10.1. The zero-order valence-corrected chi connectivity index (χ0v) is 14.6. The van der Waals surface area contributed by atoms with Crippen LogP contribution in [-0.4, -0.2) is 31.5 Å². The highest BCUT2D eigenvalue weighted by atomic mass is 16.5. The molecule has 0 aliphatic carbocycles. The average Bonchev–Trinajstić information content (AvgIpc) is 2.65. The predicted molar refractivity (Wildman–Crippen MR) is 97.7 cm³/mol. The van der Waals surface area contributed by atoms with Gasteiger partial charge in [0.05, 0.1) is 5.56 Å². The van der Waals surface area contributed by atoms with E-state index >= 15 is 0 Å². The van der Waals surface area contributed by atoms with E-state index in [2.05, 4.69) is 22.8 Å². The third-order valence-corrected chi connectivity index (χ3v) is 3.86. The number of benzene rings is 2. The summed E-state index contributed by atoms with van der Waals surface area (Å²) in [5.74, 6) is -0.0432. The van der Waals surface area contributed by atoms with Crippen molar-refractivity contribution in [3.63, 3.8) is 0 Å². The summed E-state index contributed by atoms with van der Waals surface area (Å²) in [6.45, 7) is 1.86. The Kier molecular flexibility index (Phi) is 7.01. The number of ether oxygens (including phenoxy) is 1. The summed E-state index contributed by atoms with van der Waals surface area (Å²) >= 11 is 0. The zero-order valence-electron chi connectivity index (χ0n) is 14.6. The van der Waals surface area contributed by atoms with E-state index in [4.69, 9.17) is 4.74 Å². The second-order valence-corrected chi connectivity index (χ2v) is 5.86. The van der Waals surface area contributed by atoms with Crippen molar-refractivity contribution in [2.75, 3.05) is 13.7 Å². The first-order valence-electron chi connectivity index (χ1n) is 8.37. The molecule has 0 aromatic heterocycles. The van der Waals surface area contributed by atoms with Crippen LogP contribution in [0.5, 0.6) is 5.75 Å². The molecule has 0 spiro atoms. The molecule has 2 aromatic carbocycles. The summed E-state index contributed by atoms with van der Waals surface area (Å²) in [7, 11) is 1.54. The molecule has 0 fully saturated rings. The van der Waals surface area contributed by atoms with Gasteiger partial charge in [0.1, 0.15) is 5.75 Å². The molecule has 0 heterocycles. The molecule has 2 amide bonds. The molecular weight excluding hydrogens is 316 g/mol. The van der Waals surface area contributed by atoms with Gasteiger partial charge in [0.15, 0.2) is 6.61 Å². The second-order valence-electron chi connectivity index (χ2n) is 5.86. The summed E-state index contributed by atoms with van der Waals surface area (Å²) in [5, 5.41) is 5.47. The van der Waals surface area contributed by atoms with E-state index in [0.29, 0.717) is 11.3 Å². The lowest BCUT2D eigenvalue weighted by Crippen LogP contribution is -2.33. The molecule has 0 bridgehead atoms. The molecule has 25 heavy (non-hydrogen) atoms. The van der Waals surface area contributed by atoms with Crippen molar-refractivity contribution in [2.45, 2.75) is 25.8 Å². The topological polar surface area (TPSA) is 67.4 Å². The first-order chi connectivity index (χ1) is 12.1. The number of amides is 2. The molecule has 1 atom stereocenters. The van der Waals surface area contributed by atoms with Crippen LogP contribution < -0.4 is 15.4 Å². The smallest absolute Gasteiger partial charge is 0.257 e. The Morgan fingerprint density at radius 1 is 1.04 bits per heavy atom. The third kappa shape index (κ3) is 5.95. The van der Waals surface area contributed by atoms with Crippen molar-refractivity contribution in [2.24, 2.45) is 0 Å². The molecule has 0 unspecified atom stereocenters. The van der Waals surface area contributed by atoms with Crippen LogP contribution >= 0.6 is 0 Å². The van der Waals surface area contributed by atoms with Crippen LogP contribution in [0.4, 0.5) is 0 Å². The van der Waals surface area contributed by atoms with Crippen molar-refractivity contribution < 1.29 is 14.3 Å². The van der Waals surface area contributed by atoms with Gasteiger partial charge in [-0.25, -0.2) is 0 Å². The molecule has 0 radical (unpaired) electrons. The van der Waals surface area contributed by atoms with Crippen molar-refractivity contribution in [3.05, 3.63) is 65.7 Å². The van der Waals surface area contributed by atoms with Crippen molar-refractivity contribution in [1.82, 2.24) is 10.6 Å². The maximum atomic E-state index is 12.5. The van der Waals surface area contributed by atoms with Crippen LogP contribution in [0.3, 0.4) is 0 Å². The van der Waals surface area contributed by atoms with Crippen LogP contribution in [-0.2, 0) is 11.2 Å². The molecule has 0 aliphatic rings. The summed E-state index contributed by atoms with van der Waals surface area (Å²) in [6.07, 6.45) is 1.74. The lowest BCUT2D eigenvalue weighted by molar-refractivity contribution is -0.122. The molecule has 2 aromatic rings. The van der Waals surface area contributed by atoms with E-state index in [1.54, 1.807) is 31.3 Å². The Hall–Kier alpha value is -2.82. The average molecular weight is 340 g/mol. The monoisotopic (exact) mass is 340 g/mol. The predicted octanol–water partition coefficient (Wildman–Crippen LogP) is 2.56. The number of para-hydroxylation sites is 1. The molecular formula is C20H24N2O3. The Morgan fingerprint density at radius 3 is 2.44 bits per heavy atom. The van der Waals surface area contributed by atoms with Gasteiger partial charge in [0.25, 0.3) is 11.8 Å². The second kappa shape index (κ2) is 9.47. The number of hydrogen-bond donors (Lipinski definition) is 2. The molecule has 0 aliphatic heterocycles. The minimum absolute atomic E-state index is 0.0275. The van der Waals surface area contributed by atoms with Crippen LogP contribution in [0, 0.1) is 0 Å². The summed E-state index contributed by atoms with van der Waals surface area (Å²) in [6, 6.07) is 17.1. The lowest BCUT2D eigenvalue weighted by Gasteiger charge is -2.16. The Labute approximate surface area is 148 Å². The maximum Gasteiger partial charge on any atom is 0.257 e. The van der Waals surface area contributed by atoms with Gasteiger partial charge in [-0.1, -0.05) is 42.5 Å². The number of hydrogen-bond acceptors (Lipinski definition) is 3. The highest BCUT2D eigenvalue weighted by Crippen LogP contribution is 2.18. The van der Waals surface area contributed by atoms with E-state index in [0.717, 1.165) is 12.8 Å². The third-order valence-electron chi connectivity index (χ3n) is 3.86. The van der Waals surface area contributed by atoms with Gasteiger partial charge in [-0.3, -0.25) is 9.59 Å². The molecule has 0 saturated heterocycles. The standard InChI is InChI=1S/C20H24N2O3/c1-15(12-13-16-8-4-3-5-9-16)22-20(24)17-10-6-7-11-18(17)25-14-19(23)21-2/h3-11,15H,12-14H2,1-2H3,(H,21,23)(H,22,24)/t15-/m0/s1. The largest absolute Gasteiger partial charge is 0.483 e. The molecule has 5 heteroatoms. The van der Waals surface area contributed by atoms with E-state index in [1.807, 2.05) is 25.1 Å². The van der Waals surface area contributed by atoms with Crippen molar-refractivity contribution in [1.29, 1.82) is 0 Å². The molecule has 0 saturated carbocycles. The van der Waals surface area contributed by atoms with Crippen molar-refractivity contribution >= 4 is 11.8 Å². The van der Waals surface area contributed by atoms with Crippen LogP contribution in [0.1, 0.15) is 29.3 Å². The first kappa shape index (κ1) is 18.5. The number of aryl methyl sites for hydroxylation is 1. The quantitative estimate of drug-likeness (QED) is 0.776. The van der Waals surface area contributed by atoms with Gasteiger partial charge in [0, 0.05) is 13.1 Å². The fourth-order valence-corrected chi connectivity index (χ4v) is 2.40. The van der Waals surface area contributed by atoms with E-state index in [-0.39, 0.29) is 24.5 Å². The van der Waals surface area contributed by atoms with Gasteiger partial charge >= 0.3 is 0 Å². The Morgan fingerprint density at radius 2 is 1.72 bits per heavy atom. The first-order valence-corrected chi connectivity index (χ1v) is 8.37. The molecule has 132 valence electrons. The van der Waals surface area contributed by atoms with Gasteiger partial charge in [0.2, 0.25) is 0 Å². The van der Waals surface area contributed by atoms with Gasteiger partial charge in [-0.15, -0.1) is 0 Å². The van der Waals surface area contributed by atoms with Gasteiger partial charge in [-0.05, 0) is 37.5 Å². The number of carbonyl (C=O) groups excluding carboxylic acids is 2. The minimum atomic E-state index is -0.244. The van der Waals surface area contributed by atoms with Gasteiger partial charge < -0.3 is 15.4 Å². The molecule has 2 N–H and O–H groups in total. The minimum Gasteiger partial charge on any atom is -0.483 e. The van der Waals surface area contributed by atoms with E-state index < -0.39 is 0 Å². The normalized spacial score (nSPS) is 11.4. The number of carbonyl (C=O) groups is 2.